The standard InChI is InChI=1S/C22H32N6O9/c23-13(9-11-1-3-12(30)4-2-11)19(33)26-14(5-7-17(24)31)20(34)27-15(6-8-18(25)32)21(35)28-16(10-29)22(36)37/h1-4,13-16,29-30H,5-10,23H2,(H2,24,31)(H2,25,32)(H,26,33)(H,27,34)(H,28,35)(H,36,37). The second kappa shape index (κ2) is 15.0. The van der Waals surface area contributed by atoms with Crippen molar-refractivity contribution in [3.05, 3.63) is 29.8 Å². The third-order valence-corrected chi connectivity index (χ3v) is 5.15. The summed E-state index contributed by atoms with van der Waals surface area (Å²) in [5.74, 6) is -5.81. The minimum absolute atomic E-state index is 0.0218. The summed E-state index contributed by atoms with van der Waals surface area (Å²) in [7, 11) is 0. The molecule has 37 heavy (non-hydrogen) atoms. The van der Waals surface area contributed by atoms with Gasteiger partial charge in [0.25, 0.3) is 0 Å². The topological polar surface area (TPSA) is 277 Å². The largest absolute Gasteiger partial charge is 0.508 e. The Hall–Kier alpha value is -4.24. The van der Waals surface area contributed by atoms with E-state index in [2.05, 4.69) is 10.6 Å². The Labute approximate surface area is 211 Å². The summed E-state index contributed by atoms with van der Waals surface area (Å²) in [4.78, 5) is 71.8. The number of carbonyl (C=O) groups is 6. The SMILES string of the molecule is NC(=O)CCC(NC(=O)C(N)Cc1ccc(O)cc1)C(=O)NC(CCC(N)=O)C(=O)NC(CO)C(=O)O. The molecule has 0 heterocycles. The number of benzene rings is 1. The highest BCUT2D eigenvalue weighted by Gasteiger charge is 2.30. The summed E-state index contributed by atoms with van der Waals surface area (Å²) in [5.41, 5.74) is 16.8. The zero-order chi connectivity index (χ0) is 28.1. The van der Waals surface area contributed by atoms with E-state index in [0.717, 1.165) is 0 Å². The number of phenolic OH excluding ortho intramolecular Hbond substituents is 1. The van der Waals surface area contributed by atoms with Crippen molar-refractivity contribution in [3.63, 3.8) is 0 Å². The molecule has 0 saturated carbocycles. The highest BCUT2D eigenvalue weighted by molar-refractivity contribution is 5.94. The van der Waals surface area contributed by atoms with Crippen LogP contribution in [0.4, 0.5) is 0 Å². The van der Waals surface area contributed by atoms with Crippen LogP contribution >= 0.6 is 0 Å². The minimum atomic E-state index is -1.68. The molecule has 15 nitrogen and oxygen atoms in total. The Kier molecular flexibility index (Phi) is 12.5. The van der Waals surface area contributed by atoms with Gasteiger partial charge in [0.2, 0.25) is 29.5 Å². The minimum Gasteiger partial charge on any atom is -0.508 e. The Bertz CT molecular complexity index is 985. The third kappa shape index (κ3) is 11.4. The van der Waals surface area contributed by atoms with E-state index in [1.54, 1.807) is 12.1 Å². The van der Waals surface area contributed by atoms with Gasteiger partial charge in [0.1, 0.15) is 23.9 Å². The van der Waals surface area contributed by atoms with Crippen LogP contribution in [0.25, 0.3) is 0 Å². The van der Waals surface area contributed by atoms with Gasteiger partial charge in [0, 0.05) is 12.8 Å². The number of primary amides is 2. The molecule has 0 aliphatic heterocycles. The molecule has 0 fully saturated rings. The van der Waals surface area contributed by atoms with Gasteiger partial charge in [0.05, 0.1) is 12.6 Å². The lowest BCUT2D eigenvalue weighted by molar-refractivity contribution is -0.143. The number of nitrogens with one attached hydrogen (secondary N) is 3. The van der Waals surface area contributed by atoms with E-state index in [9.17, 15) is 33.9 Å². The van der Waals surface area contributed by atoms with Crippen LogP contribution in [-0.4, -0.2) is 81.6 Å². The highest BCUT2D eigenvalue weighted by Crippen LogP contribution is 2.11. The summed E-state index contributed by atoms with van der Waals surface area (Å²) in [6, 6.07) is 0.288. The summed E-state index contributed by atoms with van der Waals surface area (Å²) >= 11 is 0. The number of carboxylic acids is 1. The van der Waals surface area contributed by atoms with Gasteiger partial charge in [-0.3, -0.25) is 24.0 Å². The van der Waals surface area contributed by atoms with Crippen LogP contribution < -0.4 is 33.2 Å². The Morgan fingerprint density at radius 2 is 1.19 bits per heavy atom. The molecule has 4 atom stereocenters. The van der Waals surface area contributed by atoms with Crippen LogP contribution in [0.15, 0.2) is 24.3 Å². The highest BCUT2D eigenvalue weighted by atomic mass is 16.4. The number of aliphatic carboxylic acids is 1. The number of aromatic hydroxyl groups is 1. The molecule has 0 aliphatic carbocycles. The first-order chi connectivity index (χ1) is 17.3. The van der Waals surface area contributed by atoms with Crippen LogP contribution in [0, 0.1) is 0 Å². The zero-order valence-corrected chi connectivity index (χ0v) is 19.9. The number of hydrogen-bond acceptors (Lipinski definition) is 9. The zero-order valence-electron chi connectivity index (χ0n) is 19.9. The van der Waals surface area contributed by atoms with Crippen LogP contribution in [0.1, 0.15) is 31.2 Å². The number of nitrogens with two attached hydrogens (primary N) is 3. The average molecular weight is 525 g/mol. The number of hydrogen-bond donors (Lipinski definition) is 9. The molecule has 0 bridgehead atoms. The van der Waals surface area contributed by atoms with Gasteiger partial charge in [0.15, 0.2) is 0 Å². The van der Waals surface area contributed by atoms with Gasteiger partial charge in [-0.15, -0.1) is 0 Å². The van der Waals surface area contributed by atoms with Crippen molar-refractivity contribution >= 4 is 35.5 Å². The number of carbonyl (C=O) groups excluding carboxylic acids is 5. The van der Waals surface area contributed by atoms with Crippen LogP contribution in [0.5, 0.6) is 5.75 Å². The molecular weight excluding hydrogens is 492 g/mol. The summed E-state index contributed by atoms with van der Waals surface area (Å²) in [6.07, 6.45) is -1.18. The molecule has 0 spiro atoms. The molecule has 1 aromatic rings. The molecule has 1 rings (SSSR count). The summed E-state index contributed by atoms with van der Waals surface area (Å²) in [5, 5.41) is 34.2. The predicted octanol–water partition coefficient (Wildman–Crippen LogP) is -3.68. The van der Waals surface area contributed by atoms with Gasteiger partial charge < -0.3 is 48.5 Å². The van der Waals surface area contributed by atoms with Crippen molar-refractivity contribution in [2.75, 3.05) is 6.61 Å². The van der Waals surface area contributed by atoms with E-state index < -0.39 is 66.3 Å². The van der Waals surface area contributed by atoms with Gasteiger partial charge >= 0.3 is 5.97 Å². The van der Waals surface area contributed by atoms with E-state index in [0.29, 0.717) is 5.56 Å². The average Bonchev–Trinajstić information content (AvgIpc) is 2.83. The van der Waals surface area contributed by atoms with E-state index in [4.69, 9.17) is 27.4 Å². The van der Waals surface area contributed by atoms with E-state index in [1.807, 2.05) is 5.32 Å². The first kappa shape index (κ1) is 30.8. The summed E-state index contributed by atoms with van der Waals surface area (Å²) in [6.45, 7) is -0.937. The number of amides is 5. The lowest BCUT2D eigenvalue weighted by Crippen LogP contribution is -2.57. The smallest absolute Gasteiger partial charge is 0.328 e. The second-order valence-electron chi connectivity index (χ2n) is 8.19. The maximum Gasteiger partial charge on any atom is 0.328 e. The number of aliphatic hydroxyl groups excluding tert-OH is 1. The van der Waals surface area contributed by atoms with Crippen LogP contribution in [-0.2, 0) is 35.2 Å². The Balaban J connectivity index is 3.00. The number of aliphatic hydroxyl groups is 1. The Morgan fingerprint density at radius 1 is 0.757 bits per heavy atom. The molecule has 0 aliphatic rings. The van der Waals surface area contributed by atoms with E-state index in [-0.39, 0.29) is 37.9 Å². The third-order valence-electron chi connectivity index (χ3n) is 5.15. The van der Waals surface area contributed by atoms with Crippen LogP contribution in [0.2, 0.25) is 0 Å². The van der Waals surface area contributed by atoms with Crippen molar-refractivity contribution in [2.24, 2.45) is 17.2 Å². The van der Waals surface area contributed by atoms with E-state index >= 15 is 0 Å². The maximum absolute atomic E-state index is 12.9. The van der Waals surface area contributed by atoms with Crippen molar-refractivity contribution in [3.8, 4) is 5.75 Å². The van der Waals surface area contributed by atoms with Gasteiger partial charge in [-0.1, -0.05) is 12.1 Å². The molecule has 5 amide bonds. The predicted molar refractivity (Wildman–Crippen MR) is 127 cm³/mol. The molecule has 4 unspecified atom stereocenters. The monoisotopic (exact) mass is 524 g/mol. The van der Waals surface area contributed by atoms with Crippen LogP contribution in [0.3, 0.4) is 0 Å². The number of rotatable bonds is 16. The van der Waals surface area contributed by atoms with Crippen molar-refractivity contribution in [2.45, 2.75) is 56.3 Å². The lowest BCUT2D eigenvalue weighted by atomic mass is 10.0. The fraction of sp³-hybridized carbons (Fsp3) is 0.455. The number of phenols is 1. The molecule has 15 heteroatoms. The molecule has 0 radical (unpaired) electrons. The molecule has 1 aromatic carbocycles. The first-order valence-corrected chi connectivity index (χ1v) is 11.2. The molecule has 0 saturated heterocycles. The number of carboxylic acid groups (broad SMARTS) is 1. The van der Waals surface area contributed by atoms with Gasteiger partial charge in [-0.2, -0.15) is 0 Å². The lowest BCUT2D eigenvalue weighted by Gasteiger charge is -2.24. The fourth-order valence-electron chi connectivity index (χ4n) is 3.10. The molecule has 204 valence electrons. The first-order valence-electron chi connectivity index (χ1n) is 11.2. The fourth-order valence-corrected chi connectivity index (χ4v) is 3.10. The normalized spacial score (nSPS) is 13.9. The molecule has 0 aromatic heterocycles. The molecule has 12 N–H and O–H groups in total. The second-order valence-corrected chi connectivity index (χ2v) is 8.19. The van der Waals surface area contributed by atoms with Crippen molar-refractivity contribution in [1.82, 2.24) is 16.0 Å². The van der Waals surface area contributed by atoms with Gasteiger partial charge in [-0.05, 0) is 37.0 Å². The van der Waals surface area contributed by atoms with Crippen molar-refractivity contribution in [1.29, 1.82) is 0 Å². The Morgan fingerprint density at radius 3 is 1.59 bits per heavy atom. The quantitative estimate of drug-likeness (QED) is 0.102. The van der Waals surface area contributed by atoms with E-state index in [1.165, 1.54) is 12.1 Å². The molecular formula is C22H32N6O9. The van der Waals surface area contributed by atoms with Crippen molar-refractivity contribution < 1.29 is 44.1 Å². The summed E-state index contributed by atoms with van der Waals surface area (Å²) < 4.78 is 0. The van der Waals surface area contributed by atoms with Gasteiger partial charge in [-0.25, -0.2) is 4.79 Å². The maximum atomic E-state index is 12.9.